The Morgan fingerprint density at radius 2 is 1.80 bits per heavy atom. The zero-order valence-electron chi connectivity index (χ0n) is 23.0. The van der Waals surface area contributed by atoms with Gasteiger partial charge in [0.05, 0.1) is 22.5 Å². The maximum Gasteiger partial charge on any atom is 0.259 e. The predicted molar refractivity (Wildman–Crippen MR) is 159 cm³/mol. The molecule has 0 saturated carbocycles. The van der Waals surface area contributed by atoms with E-state index >= 15 is 0 Å². The van der Waals surface area contributed by atoms with Crippen LogP contribution in [0.15, 0.2) is 53.3 Å². The van der Waals surface area contributed by atoms with Gasteiger partial charge in [0, 0.05) is 40.3 Å². The SMILES string of the molecule is COC1CCN(c2ccc3c(=O)c(C(=O)NCCN4CCCC4)c4n(C)c5cc6ccccc6cc5n4c3n2)C1. The van der Waals surface area contributed by atoms with E-state index in [9.17, 15) is 9.59 Å². The van der Waals surface area contributed by atoms with Crippen LogP contribution in [0.5, 0.6) is 0 Å². The van der Waals surface area contributed by atoms with Crippen LogP contribution in [0.3, 0.4) is 0 Å². The summed E-state index contributed by atoms with van der Waals surface area (Å²) in [5.74, 6) is 0.464. The topological polar surface area (TPSA) is 84.1 Å². The monoisotopic (exact) mass is 538 g/mol. The van der Waals surface area contributed by atoms with Crippen molar-refractivity contribution in [1.29, 1.82) is 0 Å². The molecule has 3 aromatic heterocycles. The molecule has 1 N–H and O–H groups in total. The third-order valence-electron chi connectivity index (χ3n) is 8.68. The number of imidazole rings is 1. The van der Waals surface area contributed by atoms with Crippen molar-refractivity contribution in [3.05, 3.63) is 64.3 Å². The fourth-order valence-electron chi connectivity index (χ4n) is 6.49. The molecule has 5 heterocycles. The Labute approximate surface area is 231 Å². The van der Waals surface area contributed by atoms with E-state index < -0.39 is 0 Å². The van der Waals surface area contributed by atoms with E-state index in [0.717, 1.165) is 66.8 Å². The van der Waals surface area contributed by atoms with Crippen molar-refractivity contribution in [3.8, 4) is 0 Å². The number of fused-ring (bicyclic) bond motifs is 6. The third-order valence-corrected chi connectivity index (χ3v) is 8.68. The molecule has 0 spiro atoms. The number of pyridine rings is 2. The molecule has 0 aliphatic carbocycles. The van der Waals surface area contributed by atoms with E-state index in [1.54, 1.807) is 7.11 Å². The average molecular weight is 539 g/mol. The molecule has 5 aromatic rings. The zero-order valence-corrected chi connectivity index (χ0v) is 23.0. The van der Waals surface area contributed by atoms with Gasteiger partial charge in [-0.15, -0.1) is 0 Å². The summed E-state index contributed by atoms with van der Waals surface area (Å²) in [4.78, 5) is 37.3. The number of nitrogens with zero attached hydrogens (tertiary/aromatic N) is 5. The molecular formula is C31H34N6O3. The summed E-state index contributed by atoms with van der Waals surface area (Å²) >= 11 is 0. The molecule has 2 fully saturated rings. The highest BCUT2D eigenvalue weighted by Gasteiger charge is 2.27. The normalized spacial score (nSPS) is 18.1. The van der Waals surface area contributed by atoms with Gasteiger partial charge in [-0.2, -0.15) is 0 Å². The van der Waals surface area contributed by atoms with Crippen LogP contribution in [0.25, 0.3) is 38.5 Å². The number of hydrogen-bond donors (Lipinski definition) is 1. The number of anilines is 1. The first-order chi connectivity index (χ1) is 19.5. The Bertz CT molecular complexity index is 1830. The zero-order chi connectivity index (χ0) is 27.4. The molecule has 9 heteroatoms. The van der Waals surface area contributed by atoms with E-state index in [1.807, 2.05) is 40.3 Å². The van der Waals surface area contributed by atoms with Crippen LogP contribution in [0.2, 0.25) is 0 Å². The highest BCUT2D eigenvalue weighted by Crippen LogP contribution is 2.30. The molecule has 40 heavy (non-hydrogen) atoms. The molecule has 2 aliphatic heterocycles. The second-order valence-electron chi connectivity index (χ2n) is 11.0. The molecule has 7 rings (SSSR count). The molecule has 206 valence electrons. The van der Waals surface area contributed by atoms with Gasteiger partial charge in [-0.3, -0.25) is 14.0 Å². The minimum absolute atomic E-state index is 0.159. The number of benzene rings is 2. The number of aromatic nitrogens is 3. The Balaban J connectivity index is 1.44. The van der Waals surface area contributed by atoms with Gasteiger partial charge in [0.25, 0.3) is 5.91 Å². The minimum Gasteiger partial charge on any atom is -0.380 e. The smallest absolute Gasteiger partial charge is 0.259 e. The van der Waals surface area contributed by atoms with Gasteiger partial charge in [-0.25, -0.2) is 4.98 Å². The first-order valence-corrected chi connectivity index (χ1v) is 14.2. The second kappa shape index (κ2) is 9.91. The first-order valence-electron chi connectivity index (χ1n) is 14.2. The fourth-order valence-corrected chi connectivity index (χ4v) is 6.49. The van der Waals surface area contributed by atoms with E-state index in [4.69, 9.17) is 9.72 Å². The number of aryl methyl sites for hydroxylation is 1. The lowest BCUT2D eigenvalue weighted by Crippen LogP contribution is -2.36. The molecule has 0 bridgehead atoms. The Morgan fingerprint density at radius 3 is 2.52 bits per heavy atom. The predicted octanol–water partition coefficient (Wildman–Crippen LogP) is 3.54. The first kappa shape index (κ1) is 25.0. The minimum atomic E-state index is -0.342. The van der Waals surface area contributed by atoms with Crippen LogP contribution < -0.4 is 15.6 Å². The number of hydrogen-bond acceptors (Lipinski definition) is 6. The summed E-state index contributed by atoms with van der Waals surface area (Å²) in [7, 11) is 3.66. The molecule has 2 aromatic carbocycles. The van der Waals surface area contributed by atoms with E-state index in [1.165, 1.54) is 12.8 Å². The average Bonchev–Trinajstić information content (AvgIpc) is 3.73. The molecule has 2 aliphatic rings. The van der Waals surface area contributed by atoms with Crippen molar-refractivity contribution in [1.82, 2.24) is 24.2 Å². The number of carbonyl (C=O) groups excluding carboxylic acids is 1. The van der Waals surface area contributed by atoms with Crippen molar-refractivity contribution in [2.24, 2.45) is 7.05 Å². The van der Waals surface area contributed by atoms with Gasteiger partial charge in [0.15, 0.2) is 5.65 Å². The summed E-state index contributed by atoms with van der Waals surface area (Å²) in [5.41, 5.74) is 2.83. The molecular weight excluding hydrogens is 504 g/mol. The van der Waals surface area contributed by atoms with Crippen molar-refractivity contribution in [2.75, 3.05) is 51.3 Å². The number of nitrogens with one attached hydrogen (secondary N) is 1. The van der Waals surface area contributed by atoms with Crippen molar-refractivity contribution in [3.63, 3.8) is 0 Å². The largest absolute Gasteiger partial charge is 0.380 e. The van der Waals surface area contributed by atoms with Gasteiger partial charge in [0.2, 0.25) is 5.43 Å². The Kier molecular flexibility index (Phi) is 6.20. The van der Waals surface area contributed by atoms with E-state index in [2.05, 4.69) is 39.4 Å². The maximum atomic E-state index is 14.0. The fraction of sp³-hybridized carbons (Fsp3) is 0.387. The summed E-state index contributed by atoms with van der Waals surface area (Å²) in [6.07, 6.45) is 3.49. The highest BCUT2D eigenvalue weighted by molar-refractivity contribution is 6.07. The lowest BCUT2D eigenvalue weighted by Gasteiger charge is -2.18. The number of ether oxygens (including phenoxy) is 1. The van der Waals surface area contributed by atoms with Crippen LogP contribution in [-0.4, -0.2) is 77.2 Å². The highest BCUT2D eigenvalue weighted by atomic mass is 16.5. The Hall–Kier alpha value is -3.95. The summed E-state index contributed by atoms with van der Waals surface area (Å²) in [5, 5.41) is 5.67. The lowest BCUT2D eigenvalue weighted by molar-refractivity contribution is 0.0950. The number of likely N-dealkylation sites (tertiary alicyclic amines) is 1. The third kappa shape index (κ3) is 4.03. The maximum absolute atomic E-state index is 14.0. The van der Waals surface area contributed by atoms with E-state index in [0.29, 0.717) is 23.2 Å². The van der Waals surface area contributed by atoms with Crippen molar-refractivity contribution >= 4 is 50.2 Å². The molecule has 9 nitrogen and oxygen atoms in total. The quantitative estimate of drug-likeness (QED) is 0.356. The molecule has 0 radical (unpaired) electrons. The van der Waals surface area contributed by atoms with Crippen LogP contribution in [-0.2, 0) is 11.8 Å². The van der Waals surface area contributed by atoms with Crippen LogP contribution in [0.1, 0.15) is 29.6 Å². The van der Waals surface area contributed by atoms with Gasteiger partial charge < -0.3 is 24.4 Å². The standard InChI is InChI=1S/C31H34N6O3/c1-34-24-17-20-7-3-4-8-21(20)18-25(24)37-29-23(9-10-26(33-29)36-15-11-22(19-36)40-2)28(38)27(31(34)37)30(39)32-12-16-35-13-5-6-14-35/h3-4,7-10,17-18,22H,5-6,11-16,19H2,1-2H3,(H,32,39). The second-order valence-corrected chi connectivity index (χ2v) is 11.0. The lowest BCUT2D eigenvalue weighted by atomic mass is 10.1. The van der Waals surface area contributed by atoms with Crippen LogP contribution in [0, 0.1) is 0 Å². The summed E-state index contributed by atoms with van der Waals surface area (Å²) < 4.78 is 9.54. The van der Waals surface area contributed by atoms with Crippen molar-refractivity contribution < 1.29 is 9.53 Å². The molecule has 1 atom stereocenters. The number of methoxy groups -OCH3 is 1. The van der Waals surface area contributed by atoms with Gasteiger partial charge in [-0.1, -0.05) is 24.3 Å². The number of carbonyl (C=O) groups is 1. The molecule has 1 amide bonds. The van der Waals surface area contributed by atoms with Crippen molar-refractivity contribution in [2.45, 2.75) is 25.4 Å². The van der Waals surface area contributed by atoms with Crippen LogP contribution >= 0.6 is 0 Å². The summed E-state index contributed by atoms with van der Waals surface area (Å²) in [6, 6.07) is 16.2. The number of amides is 1. The van der Waals surface area contributed by atoms with E-state index in [-0.39, 0.29) is 23.0 Å². The Morgan fingerprint density at radius 1 is 1.05 bits per heavy atom. The molecule has 2 saturated heterocycles. The molecule has 1 unspecified atom stereocenters. The number of rotatable bonds is 6. The van der Waals surface area contributed by atoms with Gasteiger partial charge in [0.1, 0.15) is 17.0 Å². The van der Waals surface area contributed by atoms with Gasteiger partial charge in [-0.05, 0) is 67.4 Å². The van der Waals surface area contributed by atoms with Crippen LogP contribution in [0.4, 0.5) is 5.82 Å². The summed E-state index contributed by atoms with van der Waals surface area (Å²) in [6.45, 7) is 5.01. The van der Waals surface area contributed by atoms with Gasteiger partial charge >= 0.3 is 0 Å².